The van der Waals surface area contributed by atoms with Crippen molar-refractivity contribution < 1.29 is 27.5 Å². The highest BCUT2D eigenvalue weighted by Gasteiger charge is 2.41. The number of benzene rings is 2. The minimum atomic E-state index is -4.51. The molecule has 1 aliphatic rings. The van der Waals surface area contributed by atoms with E-state index in [1.807, 2.05) is 24.3 Å². The molecule has 0 saturated heterocycles. The highest BCUT2D eigenvalue weighted by molar-refractivity contribution is 7.20. The summed E-state index contributed by atoms with van der Waals surface area (Å²) in [6, 6.07) is 13.9. The molecule has 3 aromatic rings. The average molecular weight is 435 g/mol. The van der Waals surface area contributed by atoms with Gasteiger partial charge in [0.1, 0.15) is 0 Å². The summed E-state index contributed by atoms with van der Waals surface area (Å²) < 4.78 is 45.5. The fourth-order valence-corrected chi connectivity index (χ4v) is 3.82. The second-order valence-corrected chi connectivity index (χ2v) is 8.02. The number of hydrogen-bond donors (Lipinski definition) is 1. The van der Waals surface area contributed by atoms with Gasteiger partial charge >= 0.3 is 12.3 Å². The number of amides is 1. The molecule has 4 rings (SSSR count). The van der Waals surface area contributed by atoms with E-state index in [1.54, 1.807) is 19.9 Å². The SMILES string of the molecule is CC1(C)ON=C(c2cccc(C(F)(F)F)c2)N1NC(=O)Oc1cc2ccccc2s1. The van der Waals surface area contributed by atoms with Crippen LogP contribution in [0.5, 0.6) is 5.06 Å². The van der Waals surface area contributed by atoms with E-state index in [0.717, 1.165) is 22.2 Å². The van der Waals surface area contributed by atoms with E-state index in [-0.39, 0.29) is 11.4 Å². The minimum absolute atomic E-state index is 0.0272. The van der Waals surface area contributed by atoms with Crippen LogP contribution in [-0.2, 0) is 11.0 Å². The summed E-state index contributed by atoms with van der Waals surface area (Å²) in [5.74, 6) is 0.0272. The lowest BCUT2D eigenvalue weighted by Crippen LogP contribution is -2.55. The normalized spacial score (nSPS) is 15.6. The van der Waals surface area contributed by atoms with E-state index >= 15 is 0 Å². The molecular weight excluding hydrogens is 419 g/mol. The molecule has 0 bridgehead atoms. The maximum Gasteiger partial charge on any atom is 0.432 e. The number of rotatable bonds is 3. The fourth-order valence-electron chi connectivity index (χ4n) is 2.91. The summed E-state index contributed by atoms with van der Waals surface area (Å²) >= 11 is 1.30. The van der Waals surface area contributed by atoms with Gasteiger partial charge in [0.05, 0.1) is 5.56 Å². The lowest BCUT2D eigenvalue weighted by atomic mass is 10.1. The number of fused-ring (bicyclic) bond motifs is 1. The Kier molecular flexibility index (Phi) is 4.81. The maximum absolute atomic E-state index is 13.1. The van der Waals surface area contributed by atoms with Crippen molar-refractivity contribution in [2.75, 3.05) is 0 Å². The Bertz CT molecular complexity index is 1110. The highest BCUT2D eigenvalue weighted by Crippen LogP contribution is 2.33. The number of ether oxygens (including phenoxy) is 1. The van der Waals surface area contributed by atoms with Gasteiger partial charge in [-0.25, -0.2) is 15.2 Å². The van der Waals surface area contributed by atoms with Crippen molar-refractivity contribution in [2.24, 2.45) is 5.16 Å². The molecule has 156 valence electrons. The maximum atomic E-state index is 13.1. The van der Waals surface area contributed by atoms with Crippen LogP contribution in [0.2, 0.25) is 0 Å². The topological polar surface area (TPSA) is 63.2 Å². The largest absolute Gasteiger partial charge is 0.432 e. The minimum Gasteiger partial charge on any atom is -0.398 e. The van der Waals surface area contributed by atoms with Crippen LogP contribution < -0.4 is 10.2 Å². The number of carbonyl (C=O) groups is 1. The Morgan fingerprint density at radius 3 is 2.67 bits per heavy atom. The monoisotopic (exact) mass is 435 g/mol. The third kappa shape index (κ3) is 3.90. The smallest absolute Gasteiger partial charge is 0.398 e. The first-order chi connectivity index (χ1) is 14.1. The van der Waals surface area contributed by atoms with Crippen molar-refractivity contribution in [3.05, 3.63) is 65.7 Å². The first-order valence-electron chi connectivity index (χ1n) is 8.84. The fraction of sp³-hybridized carbons (Fsp3) is 0.200. The van der Waals surface area contributed by atoms with Crippen molar-refractivity contribution in [2.45, 2.75) is 25.7 Å². The van der Waals surface area contributed by atoms with Crippen LogP contribution in [0, 0.1) is 0 Å². The molecule has 0 aliphatic carbocycles. The summed E-state index contributed by atoms with van der Waals surface area (Å²) in [6.07, 6.45) is -5.33. The molecule has 6 nitrogen and oxygen atoms in total. The number of nitrogens with one attached hydrogen (secondary N) is 1. The van der Waals surface area contributed by atoms with Crippen molar-refractivity contribution in [3.63, 3.8) is 0 Å². The van der Waals surface area contributed by atoms with Crippen molar-refractivity contribution >= 4 is 33.4 Å². The Hall–Kier alpha value is -3.27. The van der Waals surface area contributed by atoms with Crippen LogP contribution in [-0.4, -0.2) is 22.7 Å². The van der Waals surface area contributed by atoms with Crippen molar-refractivity contribution in [1.82, 2.24) is 10.4 Å². The summed E-state index contributed by atoms with van der Waals surface area (Å²) in [7, 11) is 0. The second kappa shape index (κ2) is 7.21. The Morgan fingerprint density at radius 2 is 1.93 bits per heavy atom. The van der Waals surface area contributed by atoms with Gasteiger partial charge in [0.15, 0.2) is 10.9 Å². The van der Waals surface area contributed by atoms with E-state index in [2.05, 4.69) is 10.6 Å². The number of nitrogens with zero attached hydrogens (tertiary/aromatic N) is 2. The van der Waals surface area contributed by atoms with Gasteiger partial charge in [-0.2, -0.15) is 13.2 Å². The number of hydrogen-bond acceptors (Lipinski definition) is 6. The van der Waals surface area contributed by atoms with Gasteiger partial charge in [0.25, 0.3) is 0 Å². The lowest BCUT2D eigenvalue weighted by molar-refractivity contribution is -0.137. The molecule has 2 heterocycles. The van der Waals surface area contributed by atoms with Gasteiger partial charge in [0.2, 0.25) is 5.72 Å². The van der Waals surface area contributed by atoms with Gasteiger partial charge < -0.3 is 9.57 Å². The number of alkyl halides is 3. The van der Waals surface area contributed by atoms with Gasteiger partial charge in [-0.15, -0.1) is 0 Å². The van der Waals surface area contributed by atoms with E-state index in [4.69, 9.17) is 9.57 Å². The number of carbonyl (C=O) groups excluding carboxylic acids is 1. The first-order valence-corrected chi connectivity index (χ1v) is 9.66. The molecule has 1 N–H and O–H groups in total. The molecule has 1 aliphatic heterocycles. The number of thiophene rings is 1. The first kappa shape index (κ1) is 20.0. The van der Waals surface area contributed by atoms with Crippen molar-refractivity contribution in [3.8, 4) is 5.06 Å². The standard InChI is InChI=1S/C20H16F3N3O3S/c1-19(2)26(17(25-29-19)13-7-5-8-14(10-13)20(21,22)23)24-18(27)28-16-11-12-6-3-4-9-15(12)30-16/h3-11H,1-2H3,(H,24,27). The molecule has 0 saturated carbocycles. The molecule has 2 aromatic carbocycles. The molecule has 0 unspecified atom stereocenters. The molecular formula is C20H16F3N3O3S. The van der Waals surface area contributed by atoms with Crippen LogP contribution in [0.3, 0.4) is 0 Å². The summed E-state index contributed by atoms with van der Waals surface area (Å²) in [6.45, 7) is 3.22. The van der Waals surface area contributed by atoms with E-state index < -0.39 is 23.6 Å². The van der Waals surface area contributed by atoms with Crippen LogP contribution in [0.4, 0.5) is 18.0 Å². The van der Waals surface area contributed by atoms with Gasteiger partial charge in [0, 0.05) is 16.3 Å². The predicted molar refractivity (Wildman–Crippen MR) is 106 cm³/mol. The molecule has 1 amide bonds. The Balaban J connectivity index is 1.55. The predicted octanol–water partition coefficient (Wildman–Crippen LogP) is 5.35. The zero-order valence-corrected chi connectivity index (χ0v) is 16.7. The molecule has 10 heteroatoms. The molecule has 30 heavy (non-hydrogen) atoms. The second-order valence-electron chi connectivity index (χ2n) is 6.97. The lowest BCUT2D eigenvalue weighted by Gasteiger charge is -2.30. The quantitative estimate of drug-likeness (QED) is 0.602. The van der Waals surface area contributed by atoms with Crippen LogP contribution in [0.15, 0.2) is 59.8 Å². The molecule has 0 radical (unpaired) electrons. The van der Waals surface area contributed by atoms with E-state index in [9.17, 15) is 18.0 Å². The van der Waals surface area contributed by atoms with Gasteiger partial charge in [-0.1, -0.05) is 46.8 Å². The molecule has 0 atom stereocenters. The number of amidine groups is 1. The number of hydrazine groups is 1. The Labute approximate surface area is 173 Å². The third-order valence-corrected chi connectivity index (χ3v) is 5.35. The average Bonchev–Trinajstić information content (AvgIpc) is 3.21. The highest BCUT2D eigenvalue weighted by atomic mass is 32.1. The van der Waals surface area contributed by atoms with Gasteiger partial charge in [-0.05, 0) is 37.4 Å². The number of oxime groups is 1. The van der Waals surface area contributed by atoms with Crippen molar-refractivity contribution in [1.29, 1.82) is 0 Å². The Morgan fingerprint density at radius 1 is 1.17 bits per heavy atom. The summed E-state index contributed by atoms with van der Waals surface area (Å²) in [5.41, 5.74) is 0.678. The van der Waals surface area contributed by atoms with Gasteiger partial charge in [-0.3, -0.25) is 0 Å². The van der Waals surface area contributed by atoms with Crippen LogP contribution >= 0.6 is 11.3 Å². The summed E-state index contributed by atoms with van der Waals surface area (Å²) in [5, 5.41) is 6.41. The zero-order valence-electron chi connectivity index (χ0n) is 15.9. The van der Waals surface area contributed by atoms with Crippen LogP contribution in [0.1, 0.15) is 25.0 Å². The number of halogens is 3. The zero-order chi connectivity index (χ0) is 21.5. The van der Waals surface area contributed by atoms with E-state index in [0.29, 0.717) is 5.06 Å². The molecule has 0 fully saturated rings. The summed E-state index contributed by atoms with van der Waals surface area (Å²) in [4.78, 5) is 17.8. The molecule has 1 aromatic heterocycles. The third-order valence-electron chi connectivity index (χ3n) is 4.35. The molecule has 0 spiro atoms. The van der Waals surface area contributed by atoms with E-state index in [1.165, 1.54) is 28.5 Å². The van der Waals surface area contributed by atoms with Crippen LogP contribution in [0.25, 0.3) is 10.1 Å².